The lowest BCUT2D eigenvalue weighted by Gasteiger charge is -2.19. The van der Waals surface area contributed by atoms with E-state index in [2.05, 4.69) is 0 Å². The zero-order valence-corrected chi connectivity index (χ0v) is 7.51. The molecule has 0 aliphatic carbocycles. The molecule has 0 amide bonds. The van der Waals surface area contributed by atoms with Crippen LogP contribution in [0, 0.1) is 5.92 Å². The highest BCUT2D eigenvalue weighted by Gasteiger charge is 2.17. The van der Waals surface area contributed by atoms with Gasteiger partial charge in [-0.2, -0.15) is 0 Å². The van der Waals surface area contributed by atoms with E-state index in [0.717, 1.165) is 0 Å². The SMILES string of the molecule is CC(C)C(=O)[C@H](C)N(C)C. The summed E-state index contributed by atoms with van der Waals surface area (Å²) in [6, 6.07) is 0.0556. The molecule has 0 radical (unpaired) electrons. The highest BCUT2D eigenvalue weighted by molar-refractivity contribution is 5.85. The van der Waals surface area contributed by atoms with Gasteiger partial charge in [0.25, 0.3) is 0 Å². The van der Waals surface area contributed by atoms with Crippen molar-refractivity contribution in [1.29, 1.82) is 0 Å². The van der Waals surface area contributed by atoms with Crippen LogP contribution in [0.2, 0.25) is 0 Å². The highest BCUT2D eigenvalue weighted by atomic mass is 16.1. The smallest absolute Gasteiger partial charge is 0.152 e. The molecular formula is C8H17NO. The number of hydrogen-bond acceptors (Lipinski definition) is 2. The number of ketones is 1. The predicted molar refractivity (Wildman–Crippen MR) is 43.0 cm³/mol. The van der Waals surface area contributed by atoms with Crippen LogP contribution in [-0.4, -0.2) is 30.8 Å². The number of hydrogen-bond donors (Lipinski definition) is 0. The Bertz CT molecular complexity index is 118. The number of nitrogens with zero attached hydrogens (tertiary/aromatic N) is 1. The lowest BCUT2D eigenvalue weighted by Crippen LogP contribution is -2.35. The predicted octanol–water partition coefficient (Wildman–Crippen LogP) is 1.16. The summed E-state index contributed by atoms with van der Waals surface area (Å²) in [6.45, 7) is 5.80. The number of carbonyl (C=O) groups excluding carboxylic acids is 1. The van der Waals surface area contributed by atoms with Crippen molar-refractivity contribution in [2.24, 2.45) is 5.92 Å². The fourth-order valence-electron chi connectivity index (χ4n) is 0.737. The molecule has 2 nitrogen and oxygen atoms in total. The maximum atomic E-state index is 11.2. The summed E-state index contributed by atoms with van der Waals surface area (Å²) in [4.78, 5) is 13.2. The van der Waals surface area contributed by atoms with Crippen LogP contribution in [0.4, 0.5) is 0 Å². The standard InChI is InChI=1S/C8H17NO/c1-6(2)8(10)7(3)9(4)5/h6-7H,1-5H3/t7-/m0/s1. The third kappa shape index (κ3) is 2.48. The van der Waals surface area contributed by atoms with E-state index in [1.54, 1.807) is 0 Å². The van der Waals surface area contributed by atoms with Gasteiger partial charge in [-0.3, -0.25) is 9.69 Å². The molecular weight excluding hydrogens is 126 g/mol. The summed E-state index contributed by atoms with van der Waals surface area (Å²) in [5.41, 5.74) is 0. The third-order valence-electron chi connectivity index (χ3n) is 1.76. The largest absolute Gasteiger partial charge is 0.300 e. The Morgan fingerprint density at radius 3 is 1.70 bits per heavy atom. The van der Waals surface area contributed by atoms with Crippen LogP contribution in [0.5, 0.6) is 0 Å². The van der Waals surface area contributed by atoms with E-state index in [4.69, 9.17) is 0 Å². The van der Waals surface area contributed by atoms with Gasteiger partial charge in [-0.1, -0.05) is 13.8 Å². The molecule has 0 aromatic carbocycles. The molecule has 0 aromatic heterocycles. The summed E-state index contributed by atoms with van der Waals surface area (Å²) in [5.74, 6) is 0.461. The molecule has 0 bridgehead atoms. The molecule has 0 aliphatic heterocycles. The van der Waals surface area contributed by atoms with E-state index in [9.17, 15) is 4.79 Å². The molecule has 2 heteroatoms. The maximum absolute atomic E-state index is 11.2. The fourth-order valence-corrected chi connectivity index (χ4v) is 0.737. The lowest BCUT2D eigenvalue weighted by atomic mass is 10.0. The van der Waals surface area contributed by atoms with Crippen LogP contribution in [0.1, 0.15) is 20.8 Å². The molecule has 0 heterocycles. The molecule has 0 spiro atoms. The number of Topliss-reactive ketones (excluding diaryl/α,β-unsaturated/α-hetero) is 1. The van der Waals surface area contributed by atoms with Crippen molar-refractivity contribution < 1.29 is 4.79 Å². The maximum Gasteiger partial charge on any atom is 0.152 e. The minimum atomic E-state index is 0.0556. The van der Waals surface area contributed by atoms with E-state index in [0.29, 0.717) is 5.78 Å². The van der Waals surface area contributed by atoms with Crippen molar-refractivity contribution in [2.75, 3.05) is 14.1 Å². The molecule has 10 heavy (non-hydrogen) atoms. The van der Waals surface area contributed by atoms with Gasteiger partial charge in [-0.25, -0.2) is 0 Å². The molecule has 0 unspecified atom stereocenters. The Hall–Kier alpha value is -0.370. The van der Waals surface area contributed by atoms with Crippen molar-refractivity contribution in [3.63, 3.8) is 0 Å². The van der Waals surface area contributed by atoms with Crippen molar-refractivity contribution in [3.05, 3.63) is 0 Å². The van der Waals surface area contributed by atoms with Gasteiger partial charge in [0.15, 0.2) is 5.78 Å². The summed E-state index contributed by atoms with van der Waals surface area (Å²) < 4.78 is 0. The number of likely N-dealkylation sites (N-methyl/N-ethyl adjacent to an activating group) is 1. The van der Waals surface area contributed by atoms with E-state index in [1.807, 2.05) is 39.8 Å². The minimum Gasteiger partial charge on any atom is -0.300 e. The van der Waals surface area contributed by atoms with Crippen molar-refractivity contribution in [2.45, 2.75) is 26.8 Å². The molecule has 1 atom stereocenters. The summed E-state index contributed by atoms with van der Waals surface area (Å²) in [5, 5.41) is 0. The molecule has 0 saturated carbocycles. The van der Waals surface area contributed by atoms with Crippen LogP contribution in [0.15, 0.2) is 0 Å². The van der Waals surface area contributed by atoms with E-state index in [-0.39, 0.29) is 12.0 Å². The second-order valence-electron chi connectivity index (χ2n) is 3.20. The zero-order valence-electron chi connectivity index (χ0n) is 7.51. The first-order valence-corrected chi connectivity index (χ1v) is 3.67. The van der Waals surface area contributed by atoms with Gasteiger partial charge in [0.05, 0.1) is 6.04 Å². The van der Waals surface area contributed by atoms with Gasteiger partial charge in [0, 0.05) is 5.92 Å². The second kappa shape index (κ2) is 3.71. The monoisotopic (exact) mass is 143 g/mol. The van der Waals surface area contributed by atoms with E-state index < -0.39 is 0 Å². The fraction of sp³-hybridized carbons (Fsp3) is 0.875. The summed E-state index contributed by atoms with van der Waals surface area (Å²) in [7, 11) is 3.84. The van der Waals surface area contributed by atoms with Crippen molar-refractivity contribution in [1.82, 2.24) is 4.90 Å². The van der Waals surface area contributed by atoms with E-state index >= 15 is 0 Å². The summed E-state index contributed by atoms with van der Waals surface area (Å²) in [6.07, 6.45) is 0. The molecule has 0 rings (SSSR count). The number of rotatable bonds is 3. The Morgan fingerprint density at radius 1 is 1.20 bits per heavy atom. The quantitative estimate of drug-likeness (QED) is 0.591. The lowest BCUT2D eigenvalue weighted by molar-refractivity contribution is -0.125. The van der Waals surface area contributed by atoms with E-state index in [1.165, 1.54) is 0 Å². The minimum absolute atomic E-state index is 0.0556. The molecule has 0 aliphatic rings. The van der Waals surface area contributed by atoms with Crippen LogP contribution in [0.3, 0.4) is 0 Å². The second-order valence-corrected chi connectivity index (χ2v) is 3.20. The molecule has 0 saturated heterocycles. The first-order valence-electron chi connectivity index (χ1n) is 3.67. The Morgan fingerprint density at radius 2 is 1.60 bits per heavy atom. The third-order valence-corrected chi connectivity index (χ3v) is 1.76. The highest BCUT2D eigenvalue weighted by Crippen LogP contribution is 2.02. The van der Waals surface area contributed by atoms with Gasteiger partial charge >= 0.3 is 0 Å². The van der Waals surface area contributed by atoms with Crippen LogP contribution >= 0.6 is 0 Å². The first-order chi connectivity index (χ1) is 4.46. The number of carbonyl (C=O) groups is 1. The molecule has 60 valence electrons. The Balaban J connectivity index is 3.95. The topological polar surface area (TPSA) is 20.3 Å². The van der Waals surface area contributed by atoms with Crippen molar-refractivity contribution >= 4 is 5.78 Å². The van der Waals surface area contributed by atoms with Gasteiger partial charge in [-0.15, -0.1) is 0 Å². The average molecular weight is 143 g/mol. The van der Waals surface area contributed by atoms with Gasteiger partial charge in [0.1, 0.15) is 0 Å². The molecule has 0 N–H and O–H groups in total. The van der Waals surface area contributed by atoms with Gasteiger partial charge in [0.2, 0.25) is 0 Å². The van der Waals surface area contributed by atoms with Gasteiger partial charge in [-0.05, 0) is 21.0 Å². The average Bonchev–Trinajstić information content (AvgIpc) is 1.84. The van der Waals surface area contributed by atoms with Crippen LogP contribution in [0.25, 0.3) is 0 Å². The normalized spacial score (nSPS) is 14.3. The Kier molecular flexibility index (Phi) is 3.58. The zero-order chi connectivity index (χ0) is 8.31. The Labute approximate surface area is 63.2 Å². The van der Waals surface area contributed by atoms with Crippen molar-refractivity contribution in [3.8, 4) is 0 Å². The van der Waals surface area contributed by atoms with Gasteiger partial charge < -0.3 is 0 Å². The molecule has 0 fully saturated rings. The molecule has 0 aromatic rings. The summed E-state index contributed by atoms with van der Waals surface area (Å²) >= 11 is 0. The van der Waals surface area contributed by atoms with Crippen LogP contribution < -0.4 is 0 Å². The first kappa shape index (κ1) is 9.63. The van der Waals surface area contributed by atoms with Crippen LogP contribution in [-0.2, 0) is 4.79 Å².